The molecule has 2 aromatic carbocycles. The maximum absolute atomic E-state index is 13.2. The summed E-state index contributed by atoms with van der Waals surface area (Å²) in [5, 5.41) is 2.64. The Morgan fingerprint density at radius 3 is 2.33 bits per heavy atom. The van der Waals surface area contributed by atoms with Gasteiger partial charge in [-0.25, -0.2) is 8.42 Å². The van der Waals surface area contributed by atoms with Crippen molar-refractivity contribution in [3.63, 3.8) is 0 Å². The average molecular weight is 430 g/mol. The van der Waals surface area contributed by atoms with E-state index in [-0.39, 0.29) is 23.1 Å². The van der Waals surface area contributed by atoms with E-state index in [1.807, 2.05) is 18.2 Å². The molecule has 1 fully saturated rings. The van der Waals surface area contributed by atoms with Gasteiger partial charge in [-0.3, -0.25) is 14.3 Å². The molecule has 160 valence electrons. The third-order valence-electron chi connectivity index (χ3n) is 5.13. The summed E-state index contributed by atoms with van der Waals surface area (Å²) in [5.41, 5.74) is 2.19. The zero-order chi connectivity index (χ0) is 21.7. The van der Waals surface area contributed by atoms with E-state index < -0.39 is 10.0 Å². The van der Waals surface area contributed by atoms with E-state index in [1.165, 1.54) is 24.6 Å². The van der Waals surface area contributed by atoms with Gasteiger partial charge >= 0.3 is 0 Å². The van der Waals surface area contributed by atoms with E-state index in [0.29, 0.717) is 24.7 Å². The summed E-state index contributed by atoms with van der Waals surface area (Å²) < 4.78 is 25.9. The minimum atomic E-state index is -3.55. The molecule has 2 N–H and O–H groups in total. The van der Waals surface area contributed by atoms with E-state index in [4.69, 9.17) is 0 Å². The largest absolute Gasteiger partial charge is 0.339 e. The van der Waals surface area contributed by atoms with Crippen LogP contribution in [0.25, 0.3) is 0 Å². The third-order valence-corrected chi connectivity index (χ3v) is 5.73. The predicted molar refractivity (Wildman–Crippen MR) is 118 cm³/mol. The van der Waals surface area contributed by atoms with Gasteiger partial charge in [0.25, 0.3) is 5.91 Å². The molecule has 30 heavy (non-hydrogen) atoms. The Labute approximate surface area is 177 Å². The number of rotatable bonds is 6. The number of amides is 2. The van der Waals surface area contributed by atoms with Crippen molar-refractivity contribution in [2.75, 3.05) is 29.4 Å². The summed E-state index contributed by atoms with van der Waals surface area (Å²) >= 11 is 0. The summed E-state index contributed by atoms with van der Waals surface area (Å²) in [7, 11) is -3.55. The summed E-state index contributed by atoms with van der Waals surface area (Å²) in [4.78, 5) is 26.3. The van der Waals surface area contributed by atoms with Gasteiger partial charge in [0.05, 0.1) is 17.5 Å². The molecule has 2 amide bonds. The van der Waals surface area contributed by atoms with Crippen molar-refractivity contribution in [3.8, 4) is 0 Å². The van der Waals surface area contributed by atoms with Crippen LogP contribution in [0.1, 0.15) is 35.7 Å². The average Bonchev–Trinajstić information content (AvgIpc) is 2.68. The van der Waals surface area contributed by atoms with Crippen molar-refractivity contribution in [1.29, 1.82) is 0 Å². The van der Waals surface area contributed by atoms with Crippen molar-refractivity contribution < 1.29 is 18.0 Å². The fourth-order valence-corrected chi connectivity index (χ4v) is 4.33. The zero-order valence-corrected chi connectivity index (χ0v) is 18.0. The first-order valence-corrected chi connectivity index (χ1v) is 11.8. The number of benzene rings is 2. The summed E-state index contributed by atoms with van der Waals surface area (Å²) in [6.45, 7) is 2.60. The van der Waals surface area contributed by atoms with Crippen LogP contribution >= 0.6 is 0 Å². The van der Waals surface area contributed by atoms with Gasteiger partial charge in [-0.05, 0) is 48.9 Å². The van der Waals surface area contributed by atoms with Gasteiger partial charge in [0.1, 0.15) is 0 Å². The third kappa shape index (κ3) is 6.06. The predicted octanol–water partition coefficient (Wildman–Crippen LogP) is 3.11. The normalized spacial score (nSPS) is 14.9. The topological polar surface area (TPSA) is 95.6 Å². The van der Waals surface area contributed by atoms with E-state index in [0.717, 1.165) is 25.5 Å². The van der Waals surface area contributed by atoms with Crippen LogP contribution in [0.5, 0.6) is 0 Å². The quantitative estimate of drug-likeness (QED) is 0.738. The summed E-state index contributed by atoms with van der Waals surface area (Å²) in [5.74, 6) is 0.00115. The van der Waals surface area contributed by atoms with Crippen LogP contribution < -0.4 is 10.0 Å². The second-order valence-corrected chi connectivity index (χ2v) is 9.49. The Morgan fingerprint density at radius 2 is 1.73 bits per heavy atom. The fraction of sp³-hybridized carbons (Fsp3) is 0.364. The van der Waals surface area contributed by atoms with E-state index in [1.54, 1.807) is 11.0 Å². The van der Waals surface area contributed by atoms with Gasteiger partial charge in [-0.15, -0.1) is 0 Å². The highest BCUT2D eigenvalue weighted by atomic mass is 32.2. The van der Waals surface area contributed by atoms with Crippen LogP contribution in [0.2, 0.25) is 0 Å². The Balaban J connectivity index is 1.74. The van der Waals surface area contributed by atoms with Crippen LogP contribution in [0, 0.1) is 5.92 Å². The number of hydrogen-bond acceptors (Lipinski definition) is 4. The highest BCUT2D eigenvalue weighted by molar-refractivity contribution is 7.92. The van der Waals surface area contributed by atoms with Gasteiger partial charge in [0.2, 0.25) is 15.9 Å². The first-order valence-electron chi connectivity index (χ1n) is 9.94. The number of sulfonamides is 1. The molecule has 1 aliphatic heterocycles. The lowest BCUT2D eigenvalue weighted by molar-refractivity contribution is -0.114. The van der Waals surface area contributed by atoms with Crippen molar-refractivity contribution >= 4 is 33.2 Å². The van der Waals surface area contributed by atoms with Crippen LogP contribution in [-0.4, -0.2) is 44.5 Å². The molecule has 0 spiro atoms. The molecule has 0 saturated carbocycles. The van der Waals surface area contributed by atoms with E-state index >= 15 is 0 Å². The monoisotopic (exact) mass is 429 g/mol. The van der Waals surface area contributed by atoms with Crippen LogP contribution in [-0.2, 0) is 21.2 Å². The SMILES string of the molecule is CC(=O)Nc1ccc(NS(C)(=O)=O)c(C(=O)N2CCC(Cc3ccccc3)CC2)c1. The number of piperidine rings is 1. The second kappa shape index (κ2) is 9.30. The number of carbonyl (C=O) groups is 2. The Bertz CT molecular complexity index is 1010. The van der Waals surface area contributed by atoms with E-state index in [2.05, 4.69) is 22.2 Å². The molecule has 1 heterocycles. The van der Waals surface area contributed by atoms with E-state index in [9.17, 15) is 18.0 Å². The summed E-state index contributed by atoms with van der Waals surface area (Å²) in [6.07, 6.45) is 3.81. The first kappa shape index (κ1) is 21.8. The number of hydrogen-bond donors (Lipinski definition) is 2. The number of carbonyl (C=O) groups excluding carboxylic acids is 2. The minimum absolute atomic E-state index is 0.211. The highest BCUT2D eigenvalue weighted by Crippen LogP contribution is 2.27. The lowest BCUT2D eigenvalue weighted by Gasteiger charge is -2.32. The Hall–Kier alpha value is -2.87. The minimum Gasteiger partial charge on any atom is -0.339 e. The standard InChI is InChI=1S/C22H27N3O4S/c1-16(26)23-19-8-9-21(24-30(2,28)29)20(15-19)22(27)25-12-10-18(11-13-25)14-17-6-4-3-5-7-17/h3-9,15,18,24H,10-14H2,1-2H3,(H,23,26). The maximum atomic E-state index is 13.2. The van der Waals surface area contributed by atoms with Crippen molar-refractivity contribution in [1.82, 2.24) is 4.90 Å². The first-order chi connectivity index (χ1) is 14.2. The molecule has 1 saturated heterocycles. The number of nitrogens with one attached hydrogen (secondary N) is 2. The lowest BCUT2D eigenvalue weighted by atomic mass is 9.90. The molecule has 0 atom stereocenters. The molecule has 0 radical (unpaired) electrons. The molecule has 8 heteroatoms. The molecule has 0 bridgehead atoms. The van der Waals surface area contributed by atoms with Crippen molar-refractivity contribution in [2.45, 2.75) is 26.2 Å². The molecule has 0 aliphatic carbocycles. The molecule has 1 aliphatic rings. The van der Waals surface area contributed by atoms with Gasteiger partial charge in [0.15, 0.2) is 0 Å². The molecule has 0 unspecified atom stereocenters. The number of nitrogens with zero attached hydrogens (tertiary/aromatic N) is 1. The molecule has 3 rings (SSSR count). The Morgan fingerprint density at radius 1 is 1.07 bits per heavy atom. The smallest absolute Gasteiger partial charge is 0.256 e. The molecule has 0 aromatic heterocycles. The Kier molecular flexibility index (Phi) is 6.77. The maximum Gasteiger partial charge on any atom is 0.256 e. The molecular weight excluding hydrogens is 402 g/mol. The fourth-order valence-electron chi connectivity index (χ4n) is 3.75. The number of anilines is 2. The zero-order valence-electron chi connectivity index (χ0n) is 17.2. The van der Waals surface area contributed by atoms with Crippen LogP contribution in [0.3, 0.4) is 0 Å². The van der Waals surface area contributed by atoms with Gasteiger partial charge in [-0.1, -0.05) is 30.3 Å². The van der Waals surface area contributed by atoms with Crippen molar-refractivity contribution in [2.24, 2.45) is 5.92 Å². The highest BCUT2D eigenvalue weighted by Gasteiger charge is 2.26. The molecule has 7 nitrogen and oxygen atoms in total. The second-order valence-electron chi connectivity index (χ2n) is 7.74. The molecular formula is C22H27N3O4S. The number of likely N-dealkylation sites (tertiary alicyclic amines) is 1. The summed E-state index contributed by atoms with van der Waals surface area (Å²) in [6, 6.07) is 14.9. The van der Waals surface area contributed by atoms with Crippen LogP contribution in [0.15, 0.2) is 48.5 Å². The van der Waals surface area contributed by atoms with Gasteiger partial charge in [-0.2, -0.15) is 0 Å². The van der Waals surface area contributed by atoms with Gasteiger partial charge < -0.3 is 10.2 Å². The van der Waals surface area contributed by atoms with Gasteiger partial charge in [0, 0.05) is 25.7 Å². The van der Waals surface area contributed by atoms with Crippen molar-refractivity contribution in [3.05, 3.63) is 59.7 Å². The lowest BCUT2D eigenvalue weighted by Crippen LogP contribution is -2.39. The molecule has 2 aromatic rings. The van der Waals surface area contributed by atoms with Crippen LogP contribution in [0.4, 0.5) is 11.4 Å².